The van der Waals surface area contributed by atoms with Gasteiger partial charge < -0.3 is 14.5 Å². The molecule has 4 rings (SSSR count). The van der Waals surface area contributed by atoms with Gasteiger partial charge in [-0.15, -0.1) is 0 Å². The molecule has 6 heteroatoms. The van der Waals surface area contributed by atoms with E-state index in [2.05, 4.69) is 10.3 Å². The molecule has 1 N–H and O–H groups in total. The maximum atomic E-state index is 12.3. The Bertz CT molecular complexity index is 1210. The van der Waals surface area contributed by atoms with Gasteiger partial charge in [-0.1, -0.05) is 12.1 Å². The molecule has 6 nitrogen and oxygen atoms in total. The number of nitrogens with one attached hydrogen (secondary N) is 1. The van der Waals surface area contributed by atoms with E-state index in [-0.39, 0.29) is 12.5 Å². The number of aryl methyl sites for hydroxylation is 1. The molecule has 2 heterocycles. The number of pyridine rings is 1. The minimum atomic E-state index is -0.416. The van der Waals surface area contributed by atoms with Gasteiger partial charge in [-0.3, -0.25) is 9.78 Å². The average molecular weight is 360 g/mol. The van der Waals surface area contributed by atoms with Gasteiger partial charge in [0.25, 0.3) is 5.91 Å². The molecule has 0 saturated heterocycles. The van der Waals surface area contributed by atoms with Gasteiger partial charge in [-0.2, -0.15) is 0 Å². The van der Waals surface area contributed by atoms with Gasteiger partial charge >= 0.3 is 5.63 Å². The van der Waals surface area contributed by atoms with E-state index in [9.17, 15) is 9.59 Å². The summed E-state index contributed by atoms with van der Waals surface area (Å²) in [5.41, 5.74) is 1.54. The fourth-order valence-electron chi connectivity index (χ4n) is 2.96. The Labute approximate surface area is 154 Å². The highest BCUT2D eigenvalue weighted by molar-refractivity contribution is 6.02. The van der Waals surface area contributed by atoms with Crippen LogP contribution in [0.15, 0.2) is 70.1 Å². The molecule has 0 atom stereocenters. The molecule has 1 amide bonds. The van der Waals surface area contributed by atoms with Crippen LogP contribution in [0.1, 0.15) is 5.56 Å². The molecule has 0 saturated carbocycles. The number of nitrogens with zero attached hydrogens (tertiary/aromatic N) is 1. The molecule has 4 aromatic rings. The lowest BCUT2D eigenvalue weighted by atomic mass is 10.1. The maximum absolute atomic E-state index is 12.3. The number of anilines is 1. The van der Waals surface area contributed by atoms with Crippen LogP contribution in [-0.2, 0) is 4.79 Å². The van der Waals surface area contributed by atoms with E-state index in [1.807, 2.05) is 31.2 Å². The van der Waals surface area contributed by atoms with Gasteiger partial charge in [0.05, 0.1) is 0 Å². The monoisotopic (exact) mass is 360 g/mol. The lowest BCUT2D eigenvalue weighted by Crippen LogP contribution is -2.20. The van der Waals surface area contributed by atoms with Crippen LogP contribution in [0.5, 0.6) is 5.75 Å². The van der Waals surface area contributed by atoms with Crippen molar-refractivity contribution in [2.75, 3.05) is 11.9 Å². The van der Waals surface area contributed by atoms with Gasteiger partial charge in [0.1, 0.15) is 11.3 Å². The molecule has 0 aliphatic heterocycles. The molecule has 0 unspecified atom stereocenters. The Hall–Kier alpha value is -3.67. The molecule has 2 aromatic heterocycles. The number of benzene rings is 2. The summed E-state index contributed by atoms with van der Waals surface area (Å²) < 4.78 is 10.7. The zero-order chi connectivity index (χ0) is 18.8. The van der Waals surface area contributed by atoms with E-state index in [0.29, 0.717) is 17.0 Å². The third-order valence-corrected chi connectivity index (χ3v) is 4.25. The van der Waals surface area contributed by atoms with Crippen molar-refractivity contribution in [3.63, 3.8) is 0 Å². The summed E-state index contributed by atoms with van der Waals surface area (Å²) in [6.45, 7) is 1.68. The van der Waals surface area contributed by atoms with Crippen LogP contribution in [-0.4, -0.2) is 17.5 Å². The number of hydrogen-bond donors (Lipinski definition) is 1. The van der Waals surface area contributed by atoms with E-state index < -0.39 is 5.63 Å². The van der Waals surface area contributed by atoms with Crippen LogP contribution in [0.4, 0.5) is 5.69 Å². The number of aromatic nitrogens is 1. The van der Waals surface area contributed by atoms with Crippen LogP contribution >= 0.6 is 0 Å². The van der Waals surface area contributed by atoms with Crippen molar-refractivity contribution in [3.8, 4) is 5.75 Å². The lowest BCUT2D eigenvalue weighted by molar-refractivity contribution is -0.118. The summed E-state index contributed by atoms with van der Waals surface area (Å²) in [6, 6.07) is 14.1. The second kappa shape index (κ2) is 6.92. The summed E-state index contributed by atoms with van der Waals surface area (Å²) in [4.78, 5) is 27.9. The third kappa shape index (κ3) is 3.50. The van der Waals surface area contributed by atoms with E-state index in [0.717, 1.165) is 21.7 Å². The highest BCUT2D eigenvalue weighted by atomic mass is 16.5. The zero-order valence-corrected chi connectivity index (χ0v) is 14.6. The Kier molecular flexibility index (Phi) is 4.30. The number of carbonyl (C=O) groups excluding carboxylic acids is 1. The van der Waals surface area contributed by atoms with Crippen molar-refractivity contribution >= 4 is 33.3 Å². The van der Waals surface area contributed by atoms with Crippen molar-refractivity contribution in [2.45, 2.75) is 6.92 Å². The van der Waals surface area contributed by atoms with Gasteiger partial charge in [0.2, 0.25) is 0 Å². The summed E-state index contributed by atoms with van der Waals surface area (Å²) >= 11 is 0. The van der Waals surface area contributed by atoms with E-state index in [1.54, 1.807) is 30.6 Å². The number of hydrogen-bond acceptors (Lipinski definition) is 5. The molecule has 0 fully saturated rings. The fraction of sp³-hybridized carbons (Fsp3) is 0.0952. The van der Waals surface area contributed by atoms with Gasteiger partial charge in [0.15, 0.2) is 6.61 Å². The van der Waals surface area contributed by atoms with Crippen LogP contribution in [0.2, 0.25) is 0 Å². The molecule has 134 valence electrons. The standard InChI is InChI=1S/C21H16N2O4/c1-13-9-21(25)27-19-10-15(5-6-16(13)19)26-12-20(24)23-18-4-2-3-14-11-22-8-7-17(14)18/h2-11H,12H2,1H3,(H,23,24). The smallest absolute Gasteiger partial charge is 0.336 e. The van der Waals surface area contributed by atoms with Crippen LogP contribution < -0.4 is 15.7 Å². The van der Waals surface area contributed by atoms with E-state index in [1.165, 1.54) is 6.07 Å². The predicted octanol–water partition coefficient (Wildman–Crippen LogP) is 3.67. The second-order valence-corrected chi connectivity index (χ2v) is 6.15. The normalized spacial score (nSPS) is 10.9. The van der Waals surface area contributed by atoms with Crippen molar-refractivity contribution < 1.29 is 13.9 Å². The molecular weight excluding hydrogens is 344 g/mol. The summed E-state index contributed by atoms with van der Waals surface area (Å²) in [5.74, 6) is 0.165. The van der Waals surface area contributed by atoms with Gasteiger partial charge in [-0.05, 0) is 36.8 Å². The summed E-state index contributed by atoms with van der Waals surface area (Å²) in [5, 5.41) is 5.52. The van der Waals surface area contributed by atoms with E-state index >= 15 is 0 Å². The van der Waals surface area contributed by atoms with Crippen LogP contribution in [0.25, 0.3) is 21.7 Å². The number of rotatable bonds is 4. The number of amides is 1. The minimum absolute atomic E-state index is 0.164. The largest absolute Gasteiger partial charge is 0.484 e. The maximum Gasteiger partial charge on any atom is 0.336 e. The third-order valence-electron chi connectivity index (χ3n) is 4.25. The lowest BCUT2D eigenvalue weighted by Gasteiger charge is -2.10. The average Bonchev–Trinajstić information content (AvgIpc) is 2.66. The molecule has 2 aromatic carbocycles. The summed E-state index contributed by atoms with van der Waals surface area (Å²) in [6.07, 6.45) is 3.42. The molecule has 27 heavy (non-hydrogen) atoms. The molecular formula is C21H16N2O4. The molecule has 0 aliphatic carbocycles. The van der Waals surface area contributed by atoms with Crippen LogP contribution in [0, 0.1) is 6.92 Å². The van der Waals surface area contributed by atoms with Gasteiger partial charge in [-0.25, -0.2) is 4.79 Å². The van der Waals surface area contributed by atoms with Crippen molar-refractivity contribution in [1.29, 1.82) is 0 Å². The number of carbonyl (C=O) groups is 1. The first-order valence-electron chi connectivity index (χ1n) is 8.40. The number of ether oxygens (including phenoxy) is 1. The molecule has 0 spiro atoms. The highest BCUT2D eigenvalue weighted by Gasteiger charge is 2.08. The number of fused-ring (bicyclic) bond motifs is 2. The Morgan fingerprint density at radius 1 is 1.15 bits per heavy atom. The fourth-order valence-corrected chi connectivity index (χ4v) is 2.96. The second-order valence-electron chi connectivity index (χ2n) is 6.15. The first-order chi connectivity index (χ1) is 13.1. The van der Waals surface area contributed by atoms with Crippen molar-refractivity contribution in [1.82, 2.24) is 4.98 Å². The Morgan fingerprint density at radius 3 is 2.93 bits per heavy atom. The molecule has 0 radical (unpaired) electrons. The first kappa shape index (κ1) is 16.8. The Morgan fingerprint density at radius 2 is 2.04 bits per heavy atom. The molecule has 0 bridgehead atoms. The molecule has 0 aliphatic rings. The first-order valence-corrected chi connectivity index (χ1v) is 8.40. The van der Waals surface area contributed by atoms with E-state index in [4.69, 9.17) is 9.15 Å². The SMILES string of the molecule is Cc1cc(=O)oc2cc(OCC(=O)Nc3cccc4cnccc34)ccc12. The highest BCUT2D eigenvalue weighted by Crippen LogP contribution is 2.23. The van der Waals surface area contributed by atoms with Crippen molar-refractivity contribution in [3.05, 3.63) is 76.9 Å². The topological polar surface area (TPSA) is 81.4 Å². The van der Waals surface area contributed by atoms with Crippen LogP contribution in [0.3, 0.4) is 0 Å². The predicted molar refractivity (Wildman–Crippen MR) is 103 cm³/mol. The quantitative estimate of drug-likeness (QED) is 0.562. The summed E-state index contributed by atoms with van der Waals surface area (Å²) in [7, 11) is 0. The Balaban J connectivity index is 1.49. The minimum Gasteiger partial charge on any atom is -0.484 e. The van der Waals surface area contributed by atoms with Gasteiger partial charge in [0, 0.05) is 46.4 Å². The van der Waals surface area contributed by atoms with Crippen molar-refractivity contribution in [2.24, 2.45) is 0 Å². The zero-order valence-electron chi connectivity index (χ0n) is 14.6.